The van der Waals surface area contributed by atoms with Gasteiger partial charge in [0.15, 0.2) is 0 Å². The average molecular weight is 409 g/mol. The largest absolute Gasteiger partial charge is 0.355 e. The zero-order valence-electron chi connectivity index (χ0n) is 17.1. The number of aromatic nitrogens is 2. The van der Waals surface area contributed by atoms with Crippen LogP contribution in [0.1, 0.15) is 24.0 Å². The maximum atomic E-state index is 12.7. The number of aromatic amines is 1. The van der Waals surface area contributed by atoms with Crippen LogP contribution in [0, 0.1) is 12.8 Å². The van der Waals surface area contributed by atoms with E-state index in [4.69, 9.17) is 4.98 Å². The number of rotatable bonds is 6. The minimum absolute atomic E-state index is 0.0116. The van der Waals surface area contributed by atoms with Gasteiger partial charge in [-0.25, -0.2) is 4.98 Å². The Labute approximate surface area is 176 Å². The lowest BCUT2D eigenvalue weighted by molar-refractivity contribution is -0.125. The molecular formula is C23H28N4OS. The molecule has 5 nitrogen and oxygen atoms in total. The summed E-state index contributed by atoms with van der Waals surface area (Å²) in [4.78, 5) is 24.3. The summed E-state index contributed by atoms with van der Waals surface area (Å²) in [5.74, 6) is 1.04. The van der Waals surface area contributed by atoms with Crippen molar-refractivity contribution in [2.24, 2.45) is 5.92 Å². The lowest BCUT2D eigenvalue weighted by Crippen LogP contribution is -2.43. The molecule has 29 heavy (non-hydrogen) atoms. The second-order valence-corrected chi connectivity index (χ2v) is 8.63. The molecule has 2 heterocycles. The van der Waals surface area contributed by atoms with Crippen molar-refractivity contribution in [3.63, 3.8) is 0 Å². The van der Waals surface area contributed by atoms with Crippen molar-refractivity contribution < 1.29 is 4.79 Å². The molecule has 1 saturated heterocycles. The molecule has 1 aromatic heterocycles. The summed E-state index contributed by atoms with van der Waals surface area (Å²) in [5, 5.41) is 3.13. The smallest absolute Gasteiger partial charge is 0.224 e. The standard InChI is InChI=1S/C23H28N4OS/c1-16-5-10-20-21(14-16)26-23(25-20)27-13-3-4-18(15-27)22(28)24-12-11-17-6-8-19(29-2)9-7-17/h5-10,14,18H,3-4,11-13,15H2,1-2H3,(H,24,28)(H,25,26)/t18-/m0/s1. The molecular weight excluding hydrogens is 380 g/mol. The summed E-state index contributed by atoms with van der Waals surface area (Å²) in [6, 6.07) is 14.8. The maximum absolute atomic E-state index is 12.7. The van der Waals surface area contributed by atoms with Crippen molar-refractivity contribution >= 4 is 34.7 Å². The second kappa shape index (κ2) is 8.91. The van der Waals surface area contributed by atoms with Gasteiger partial charge in [0, 0.05) is 24.5 Å². The summed E-state index contributed by atoms with van der Waals surface area (Å²) in [6.07, 6.45) is 4.88. The number of nitrogens with one attached hydrogen (secondary N) is 2. The van der Waals surface area contributed by atoms with Gasteiger partial charge in [0.1, 0.15) is 0 Å². The Kier molecular flexibility index (Phi) is 6.09. The minimum atomic E-state index is 0.0116. The Hall–Kier alpha value is -2.47. The molecule has 1 aliphatic heterocycles. The SMILES string of the molecule is CSc1ccc(CCNC(=O)[C@H]2CCCN(c3nc4ccc(C)cc4[nH]3)C2)cc1. The zero-order valence-corrected chi connectivity index (χ0v) is 17.9. The van der Waals surface area contributed by atoms with Crippen molar-refractivity contribution in [1.29, 1.82) is 0 Å². The van der Waals surface area contributed by atoms with Crippen LogP contribution in [-0.4, -0.2) is 41.8 Å². The van der Waals surface area contributed by atoms with Crippen LogP contribution in [-0.2, 0) is 11.2 Å². The van der Waals surface area contributed by atoms with E-state index in [1.807, 2.05) is 6.07 Å². The van der Waals surface area contributed by atoms with Gasteiger partial charge in [0.2, 0.25) is 11.9 Å². The first-order valence-corrected chi connectivity index (χ1v) is 11.5. The molecule has 1 fully saturated rings. The van der Waals surface area contributed by atoms with Crippen LogP contribution in [0.25, 0.3) is 11.0 Å². The fourth-order valence-corrected chi connectivity index (χ4v) is 4.32. The highest BCUT2D eigenvalue weighted by molar-refractivity contribution is 7.98. The zero-order chi connectivity index (χ0) is 20.2. The number of nitrogens with zero attached hydrogens (tertiary/aromatic N) is 2. The molecule has 4 rings (SSSR count). The first kappa shape index (κ1) is 19.8. The predicted molar refractivity (Wildman–Crippen MR) is 121 cm³/mol. The molecule has 2 aromatic carbocycles. The van der Waals surface area contributed by atoms with Gasteiger partial charge in [-0.2, -0.15) is 0 Å². The number of aryl methyl sites for hydroxylation is 1. The third-order valence-corrected chi connectivity index (χ3v) is 6.33. The minimum Gasteiger partial charge on any atom is -0.355 e. The van der Waals surface area contributed by atoms with E-state index in [1.54, 1.807) is 11.8 Å². The summed E-state index contributed by atoms with van der Waals surface area (Å²) in [7, 11) is 0. The normalized spacial score (nSPS) is 16.9. The van der Waals surface area contributed by atoms with E-state index in [2.05, 4.69) is 64.8 Å². The molecule has 1 amide bonds. The number of thioether (sulfide) groups is 1. The third kappa shape index (κ3) is 4.75. The number of carbonyl (C=O) groups is 1. The first-order valence-electron chi connectivity index (χ1n) is 10.2. The molecule has 2 N–H and O–H groups in total. The second-order valence-electron chi connectivity index (χ2n) is 7.76. The molecule has 0 unspecified atom stereocenters. The Morgan fingerprint density at radius 2 is 2.10 bits per heavy atom. The topological polar surface area (TPSA) is 61.0 Å². The van der Waals surface area contributed by atoms with Crippen molar-refractivity contribution in [2.45, 2.75) is 31.1 Å². The van der Waals surface area contributed by atoms with Gasteiger partial charge in [-0.1, -0.05) is 18.2 Å². The number of hydrogen-bond acceptors (Lipinski definition) is 4. The summed E-state index contributed by atoms with van der Waals surface area (Å²) in [5.41, 5.74) is 4.50. The van der Waals surface area contributed by atoms with Crippen LogP contribution < -0.4 is 10.2 Å². The molecule has 1 aliphatic rings. The first-order chi connectivity index (χ1) is 14.1. The molecule has 152 valence electrons. The molecule has 3 aromatic rings. The Bertz CT molecular complexity index is 982. The average Bonchev–Trinajstić information content (AvgIpc) is 3.17. The van der Waals surface area contributed by atoms with E-state index in [0.29, 0.717) is 13.1 Å². The number of amides is 1. The monoisotopic (exact) mass is 408 g/mol. The van der Waals surface area contributed by atoms with E-state index in [-0.39, 0.29) is 11.8 Å². The molecule has 6 heteroatoms. The quantitative estimate of drug-likeness (QED) is 0.601. The molecule has 0 saturated carbocycles. The number of carbonyl (C=O) groups excluding carboxylic acids is 1. The number of fused-ring (bicyclic) bond motifs is 1. The Morgan fingerprint density at radius 1 is 1.28 bits per heavy atom. The van der Waals surface area contributed by atoms with Gasteiger partial charge in [-0.05, 0) is 67.8 Å². The van der Waals surface area contributed by atoms with Gasteiger partial charge in [0.05, 0.1) is 17.0 Å². The highest BCUT2D eigenvalue weighted by Crippen LogP contribution is 2.24. The van der Waals surface area contributed by atoms with Crippen molar-refractivity contribution in [1.82, 2.24) is 15.3 Å². The van der Waals surface area contributed by atoms with Crippen LogP contribution >= 0.6 is 11.8 Å². The van der Waals surface area contributed by atoms with E-state index in [1.165, 1.54) is 16.0 Å². The molecule has 0 spiro atoms. The van der Waals surface area contributed by atoms with Crippen molar-refractivity contribution in [2.75, 3.05) is 30.8 Å². The number of imidazole rings is 1. The van der Waals surface area contributed by atoms with E-state index < -0.39 is 0 Å². The van der Waals surface area contributed by atoms with Crippen molar-refractivity contribution in [3.05, 3.63) is 53.6 Å². The predicted octanol–water partition coefficient (Wildman–Crippen LogP) is 4.17. The van der Waals surface area contributed by atoms with Crippen LogP contribution in [0.3, 0.4) is 0 Å². The molecule has 1 atom stereocenters. The number of H-pyrrole nitrogens is 1. The highest BCUT2D eigenvalue weighted by Gasteiger charge is 2.27. The number of benzene rings is 2. The van der Waals surface area contributed by atoms with Crippen LogP contribution in [0.4, 0.5) is 5.95 Å². The van der Waals surface area contributed by atoms with E-state index in [9.17, 15) is 4.79 Å². The fourth-order valence-electron chi connectivity index (χ4n) is 3.91. The van der Waals surface area contributed by atoms with E-state index in [0.717, 1.165) is 42.8 Å². The van der Waals surface area contributed by atoms with Crippen molar-refractivity contribution in [3.8, 4) is 0 Å². The third-order valence-electron chi connectivity index (χ3n) is 5.59. The fraction of sp³-hybridized carbons (Fsp3) is 0.391. The maximum Gasteiger partial charge on any atom is 0.224 e. The van der Waals surface area contributed by atoms with Crippen LogP contribution in [0.5, 0.6) is 0 Å². The van der Waals surface area contributed by atoms with Gasteiger partial charge in [0.25, 0.3) is 0 Å². The van der Waals surface area contributed by atoms with Crippen LogP contribution in [0.15, 0.2) is 47.4 Å². The van der Waals surface area contributed by atoms with Gasteiger partial charge < -0.3 is 15.2 Å². The van der Waals surface area contributed by atoms with Gasteiger partial charge >= 0.3 is 0 Å². The molecule has 0 aliphatic carbocycles. The van der Waals surface area contributed by atoms with Gasteiger partial charge in [-0.3, -0.25) is 4.79 Å². The number of anilines is 1. The lowest BCUT2D eigenvalue weighted by Gasteiger charge is -2.31. The summed E-state index contributed by atoms with van der Waals surface area (Å²) in [6.45, 7) is 4.41. The number of hydrogen-bond donors (Lipinski definition) is 2. The molecule has 0 radical (unpaired) electrons. The number of piperidine rings is 1. The Morgan fingerprint density at radius 3 is 2.90 bits per heavy atom. The molecule has 0 bridgehead atoms. The lowest BCUT2D eigenvalue weighted by atomic mass is 9.97. The highest BCUT2D eigenvalue weighted by atomic mass is 32.2. The van der Waals surface area contributed by atoms with E-state index >= 15 is 0 Å². The summed E-state index contributed by atoms with van der Waals surface area (Å²) < 4.78 is 0. The Balaban J connectivity index is 1.32. The van der Waals surface area contributed by atoms with Crippen LogP contribution in [0.2, 0.25) is 0 Å². The van der Waals surface area contributed by atoms with Gasteiger partial charge in [-0.15, -0.1) is 11.8 Å². The summed E-state index contributed by atoms with van der Waals surface area (Å²) >= 11 is 1.74.